The van der Waals surface area contributed by atoms with Crippen LogP contribution in [-0.4, -0.2) is 20.7 Å². The smallest absolute Gasteiger partial charge is 0.0739 e. The van der Waals surface area contributed by atoms with Gasteiger partial charge in [-0.3, -0.25) is 9.58 Å². The quantitative estimate of drug-likeness (QED) is 0.775. The molecule has 0 N–H and O–H groups in total. The van der Waals surface area contributed by atoms with Crippen molar-refractivity contribution >= 4 is 27.3 Å². The molecule has 0 radical (unpaired) electrons. The zero-order valence-corrected chi connectivity index (χ0v) is 14.4. The van der Waals surface area contributed by atoms with Crippen LogP contribution in [0, 0.1) is 6.92 Å². The van der Waals surface area contributed by atoms with E-state index >= 15 is 0 Å². The predicted octanol–water partition coefficient (Wildman–Crippen LogP) is 4.20. The third kappa shape index (κ3) is 3.00. The van der Waals surface area contributed by atoms with Crippen molar-refractivity contribution in [3.8, 4) is 0 Å². The van der Waals surface area contributed by atoms with Crippen molar-refractivity contribution in [3.63, 3.8) is 0 Å². The summed E-state index contributed by atoms with van der Waals surface area (Å²) in [6, 6.07) is 2.99. The molecule has 0 spiro atoms. The normalized spacial score (nSPS) is 15.2. The Morgan fingerprint density at radius 2 is 2.25 bits per heavy atom. The molecule has 108 valence electrons. The Kier molecular flexibility index (Phi) is 4.29. The summed E-state index contributed by atoms with van der Waals surface area (Å²) in [5.41, 5.74) is 3.83. The highest BCUT2D eigenvalue weighted by Gasteiger charge is 2.30. The van der Waals surface area contributed by atoms with E-state index in [0.717, 1.165) is 31.4 Å². The molecule has 0 aliphatic heterocycles. The zero-order valence-electron chi connectivity index (χ0n) is 12.0. The van der Waals surface area contributed by atoms with E-state index in [0.29, 0.717) is 0 Å². The minimum absolute atomic E-state index is 0.752. The van der Waals surface area contributed by atoms with E-state index in [4.69, 9.17) is 0 Å². The first-order valence-corrected chi connectivity index (χ1v) is 8.89. The monoisotopic (exact) mass is 353 g/mol. The first kappa shape index (κ1) is 14.3. The van der Waals surface area contributed by atoms with Crippen LogP contribution in [0.4, 0.5) is 0 Å². The van der Waals surface area contributed by atoms with Gasteiger partial charge in [0, 0.05) is 25.7 Å². The molecule has 1 saturated carbocycles. The first-order chi connectivity index (χ1) is 9.69. The molecular weight excluding hydrogens is 334 g/mol. The van der Waals surface area contributed by atoms with Gasteiger partial charge in [-0.2, -0.15) is 16.4 Å². The third-order valence-electron chi connectivity index (χ3n) is 3.83. The van der Waals surface area contributed by atoms with Crippen LogP contribution < -0.4 is 0 Å². The van der Waals surface area contributed by atoms with Crippen molar-refractivity contribution in [2.45, 2.75) is 52.4 Å². The van der Waals surface area contributed by atoms with Crippen molar-refractivity contribution in [1.29, 1.82) is 0 Å². The highest BCUT2D eigenvalue weighted by atomic mass is 79.9. The largest absolute Gasteiger partial charge is 0.290 e. The summed E-state index contributed by atoms with van der Waals surface area (Å²) >= 11 is 5.49. The fourth-order valence-electron chi connectivity index (χ4n) is 2.58. The topological polar surface area (TPSA) is 21.1 Å². The third-order valence-corrected chi connectivity index (χ3v) is 5.60. The Bertz CT molecular complexity index is 572. The molecule has 0 bridgehead atoms. The van der Waals surface area contributed by atoms with E-state index in [1.165, 1.54) is 28.6 Å². The molecule has 1 aliphatic rings. The number of nitrogens with zero attached hydrogens (tertiary/aromatic N) is 3. The van der Waals surface area contributed by atoms with Crippen molar-refractivity contribution in [1.82, 2.24) is 14.7 Å². The van der Waals surface area contributed by atoms with E-state index in [2.05, 4.69) is 61.3 Å². The predicted molar refractivity (Wildman–Crippen MR) is 86.9 cm³/mol. The summed E-state index contributed by atoms with van der Waals surface area (Å²) in [4.78, 5) is 2.59. The zero-order chi connectivity index (χ0) is 14.1. The second kappa shape index (κ2) is 6.00. The van der Waals surface area contributed by atoms with Gasteiger partial charge in [0.1, 0.15) is 0 Å². The SMILES string of the molecule is CCn1nc(C)c(Br)c1CN(Cc1ccsc1)C1CC1. The number of hydrogen-bond donors (Lipinski definition) is 0. The highest BCUT2D eigenvalue weighted by molar-refractivity contribution is 9.10. The van der Waals surface area contributed by atoms with E-state index in [9.17, 15) is 0 Å². The summed E-state index contributed by atoms with van der Waals surface area (Å²) in [5.74, 6) is 0. The Balaban J connectivity index is 1.79. The van der Waals surface area contributed by atoms with Crippen LogP contribution in [0.15, 0.2) is 21.3 Å². The molecule has 0 aromatic carbocycles. The van der Waals surface area contributed by atoms with E-state index in [-0.39, 0.29) is 0 Å². The van der Waals surface area contributed by atoms with Gasteiger partial charge in [0.25, 0.3) is 0 Å². The molecule has 3 rings (SSSR count). The lowest BCUT2D eigenvalue weighted by Gasteiger charge is -2.22. The lowest BCUT2D eigenvalue weighted by Crippen LogP contribution is -2.26. The molecule has 2 aromatic heterocycles. The van der Waals surface area contributed by atoms with Gasteiger partial charge in [0.15, 0.2) is 0 Å². The minimum atomic E-state index is 0.752. The van der Waals surface area contributed by atoms with Crippen LogP contribution in [0.2, 0.25) is 0 Å². The molecule has 3 nitrogen and oxygen atoms in total. The maximum Gasteiger partial charge on any atom is 0.0739 e. The second-order valence-electron chi connectivity index (χ2n) is 5.43. The molecule has 1 aliphatic carbocycles. The molecule has 2 aromatic rings. The van der Waals surface area contributed by atoms with Crippen LogP contribution in [-0.2, 0) is 19.6 Å². The van der Waals surface area contributed by atoms with Gasteiger partial charge in [-0.15, -0.1) is 0 Å². The average molecular weight is 354 g/mol. The van der Waals surface area contributed by atoms with E-state index < -0.39 is 0 Å². The van der Waals surface area contributed by atoms with Crippen LogP contribution >= 0.6 is 27.3 Å². The average Bonchev–Trinajstić information content (AvgIpc) is 3.11. The second-order valence-corrected chi connectivity index (χ2v) is 7.00. The summed E-state index contributed by atoms with van der Waals surface area (Å²) in [5, 5.41) is 9.02. The van der Waals surface area contributed by atoms with Gasteiger partial charge < -0.3 is 0 Å². The maximum absolute atomic E-state index is 4.60. The standard InChI is InChI=1S/C15H20BrN3S/c1-3-19-14(15(16)11(2)17-19)9-18(13-4-5-13)8-12-6-7-20-10-12/h6-7,10,13H,3-5,8-9H2,1-2H3. The number of hydrogen-bond acceptors (Lipinski definition) is 3. The first-order valence-electron chi connectivity index (χ1n) is 7.16. The van der Waals surface area contributed by atoms with Crippen LogP contribution in [0.3, 0.4) is 0 Å². The molecule has 0 saturated heterocycles. The molecule has 0 amide bonds. The van der Waals surface area contributed by atoms with Gasteiger partial charge in [-0.1, -0.05) is 0 Å². The number of thiophene rings is 1. The van der Waals surface area contributed by atoms with E-state index in [1.807, 2.05) is 0 Å². The number of aryl methyl sites for hydroxylation is 2. The minimum Gasteiger partial charge on any atom is -0.290 e. The summed E-state index contributed by atoms with van der Waals surface area (Å²) in [6.07, 6.45) is 2.67. The number of aromatic nitrogens is 2. The molecule has 1 fully saturated rings. The molecular formula is C15H20BrN3S. The van der Waals surface area contributed by atoms with Gasteiger partial charge in [0.05, 0.1) is 15.9 Å². The van der Waals surface area contributed by atoms with Crippen LogP contribution in [0.5, 0.6) is 0 Å². The summed E-state index contributed by atoms with van der Waals surface area (Å²) in [7, 11) is 0. The Morgan fingerprint density at radius 3 is 2.85 bits per heavy atom. The van der Waals surface area contributed by atoms with Crippen LogP contribution in [0.25, 0.3) is 0 Å². The molecule has 2 heterocycles. The van der Waals surface area contributed by atoms with Crippen molar-refractivity contribution in [2.75, 3.05) is 0 Å². The van der Waals surface area contributed by atoms with Crippen molar-refractivity contribution in [2.24, 2.45) is 0 Å². The Labute approximate surface area is 132 Å². The Hall–Kier alpha value is -0.650. The maximum atomic E-state index is 4.60. The molecule has 5 heteroatoms. The highest BCUT2D eigenvalue weighted by Crippen LogP contribution is 2.32. The molecule has 0 unspecified atom stereocenters. The summed E-state index contributed by atoms with van der Waals surface area (Å²) < 4.78 is 3.30. The molecule has 20 heavy (non-hydrogen) atoms. The Morgan fingerprint density at radius 1 is 1.45 bits per heavy atom. The van der Waals surface area contributed by atoms with Gasteiger partial charge in [-0.05, 0) is 65.0 Å². The molecule has 0 atom stereocenters. The van der Waals surface area contributed by atoms with Gasteiger partial charge in [-0.25, -0.2) is 0 Å². The van der Waals surface area contributed by atoms with Gasteiger partial charge >= 0.3 is 0 Å². The van der Waals surface area contributed by atoms with E-state index in [1.54, 1.807) is 11.3 Å². The lowest BCUT2D eigenvalue weighted by molar-refractivity contribution is 0.238. The number of halogens is 1. The summed E-state index contributed by atoms with van der Waals surface area (Å²) in [6.45, 7) is 7.19. The van der Waals surface area contributed by atoms with Gasteiger partial charge in [0.2, 0.25) is 0 Å². The number of rotatable bonds is 6. The van der Waals surface area contributed by atoms with Crippen LogP contribution in [0.1, 0.15) is 36.7 Å². The fraction of sp³-hybridized carbons (Fsp3) is 0.533. The fourth-order valence-corrected chi connectivity index (χ4v) is 3.65. The van der Waals surface area contributed by atoms with Crippen molar-refractivity contribution < 1.29 is 0 Å². The van der Waals surface area contributed by atoms with Crippen molar-refractivity contribution in [3.05, 3.63) is 38.3 Å². The lowest BCUT2D eigenvalue weighted by atomic mass is 10.2.